The minimum Gasteiger partial charge on any atom is -0.497 e. The number of ether oxygens (including phenoxy) is 2. The summed E-state index contributed by atoms with van der Waals surface area (Å²) in [6.07, 6.45) is -0.558. The average Bonchev–Trinajstić information content (AvgIpc) is 2.59. The van der Waals surface area contributed by atoms with Crippen LogP contribution in [0.4, 0.5) is 0 Å². The van der Waals surface area contributed by atoms with Crippen molar-refractivity contribution < 1.29 is 14.6 Å². The van der Waals surface area contributed by atoms with Crippen molar-refractivity contribution in [2.45, 2.75) is 25.6 Å². The van der Waals surface area contributed by atoms with Crippen molar-refractivity contribution in [3.05, 3.63) is 59.7 Å². The number of benzene rings is 2. The van der Waals surface area contributed by atoms with Crippen LogP contribution < -0.4 is 14.8 Å². The molecule has 4 heteroatoms. The van der Waals surface area contributed by atoms with Crippen molar-refractivity contribution in [2.24, 2.45) is 0 Å². The van der Waals surface area contributed by atoms with Crippen LogP contribution in [0.3, 0.4) is 0 Å². The third-order valence-electron chi connectivity index (χ3n) is 3.72. The topological polar surface area (TPSA) is 50.7 Å². The fourth-order valence-corrected chi connectivity index (χ4v) is 2.34. The first-order valence-corrected chi connectivity index (χ1v) is 7.33. The normalized spacial score (nSPS) is 13.5. The molecule has 0 aliphatic carbocycles. The second-order valence-electron chi connectivity index (χ2n) is 5.20. The molecule has 22 heavy (non-hydrogen) atoms. The fraction of sp³-hybridized carbons (Fsp3) is 0.333. The Bertz CT molecular complexity index is 586. The maximum atomic E-state index is 10.4. The summed E-state index contributed by atoms with van der Waals surface area (Å²) in [5, 5.41) is 13.7. The number of aliphatic hydroxyl groups excluding tert-OH is 1. The molecule has 0 aromatic heterocycles. The molecule has 2 unspecified atom stereocenters. The second kappa shape index (κ2) is 7.82. The van der Waals surface area contributed by atoms with E-state index in [1.165, 1.54) is 0 Å². The summed E-state index contributed by atoms with van der Waals surface area (Å²) in [5.41, 5.74) is 1.90. The van der Waals surface area contributed by atoms with Crippen molar-refractivity contribution in [1.82, 2.24) is 5.32 Å². The molecule has 0 fully saturated rings. The highest BCUT2D eigenvalue weighted by Crippen LogP contribution is 2.24. The number of hydrogen-bond donors (Lipinski definition) is 2. The Hall–Kier alpha value is -2.04. The van der Waals surface area contributed by atoms with Gasteiger partial charge in [0.1, 0.15) is 11.5 Å². The van der Waals surface area contributed by atoms with Crippen molar-refractivity contribution in [1.29, 1.82) is 0 Å². The summed E-state index contributed by atoms with van der Waals surface area (Å²) in [5.74, 6) is 1.59. The van der Waals surface area contributed by atoms with Gasteiger partial charge in [0.25, 0.3) is 0 Å². The zero-order valence-electron chi connectivity index (χ0n) is 13.2. The van der Waals surface area contributed by atoms with E-state index in [0.717, 1.165) is 22.6 Å². The molecule has 0 aliphatic rings. The molecule has 0 aliphatic heterocycles. The van der Waals surface area contributed by atoms with Crippen LogP contribution >= 0.6 is 0 Å². The highest BCUT2D eigenvalue weighted by Gasteiger charge is 2.16. The fourth-order valence-electron chi connectivity index (χ4n) is 2.34. The molecule has 2 rings (SSSR count). The van der Waals surface area contributed by atoms with Crippen LogP contribution in [0.5, 0.6) is 11.5 Å². The van der Waals surface area contributed by atoms with Gasteiger partial charge in [0, 0.05) is 18.2 Å². The maximum Gasteiger partial charge on any atom is 0.123 e. The first-order valence-electron chi connectivity index (χ1n) is 7.33. The van der Waals surface area contributed by atoms with Crippen LogP contribution in [0.2, 0.25) is 0 Å². The van der Waals surface area contributed by atoms with Gasteiger partial charge in [0.2, 0.25) is 0 Å². The molecule has 0 amide bonds. The number of nitrogens with one attached hydrogen (secondary N) is 1. The zero-order valence-corrected chi connectivity index (χ0v) is 13.2. The SMILES string of the molecule is COc1ccc(OC)c(CNC(C)C(O)c2ccccc2)c1. The van der Waals surface area contributed by atoms with E-state index in [2.05, 4.69) is 5.32 Å². The quantitative estimate of drug-likeness (QED) is 0.825. The van der Waals surface area contributed by atoms with Gasteiger partial charge in [0.15, 0.2) is 0 Å². The molecule has 2 atom stereocenters. The zero-order chi connectivity index (χ0) is 15.9. The summed E-state index contributed by atoms with van der Waals surface area (Å²) in [6.45, 7) is 2.55. The van der Waals surface area contributed by atoms with Gasteiger partial charge >= 0.3 is 0 Å². The molecule has 0 saturated heterocycles. The van der Waals surface area contributed by atoms with E-state index in [9.17, 15) is 5.11 Å². The standard InChI is InChI=1S/C18H23NO3/c1-13(18(20)14-7-5-4-6-8-14)19-12-15-11-16(21-2)9-10-17(15)22-3/h4-11,13,18-20H,12H2,1-3H3. The Labute approximate surface area is 131 Å². The van der Waals surface area contributed by atoms with Crippen molar-refractivity contribution in [2.75, 3.05) is 14.2 Å². The van der Waals surface area contributed by atoms with Gasteiger partial charge in [0.05, 0.1) is 20.3 Å². The molecule has 118 valence electrons. The Morgan fingerprint density at radius 2 is 1.77 bits per heavy atom. The lowest BCUT2D eigenvalue weighted by Gasteiger charge is -2.21. The summed E-state index contributed by atoms with van der Waals surface area (Å²) in [7, 11) is 3.29. The summed E-state index contributed by atoms with van der Waals surface area (Å²) in [6, 6.07) is 15.2. The van der Waals surface area contributed by atoms with Crippen molar-refractivity contribution in [3.63, 3.8) is 0 Å². The van der Waals surface area contributed by atoms with Crippen LogP contribution in [-0.2, 0) is 6.54 Å². The number of hydrogen-bond acceptors (Lipinski definition) is 4. The lowest BCUT2D eigenvalue weighted by atomic mass is 10.0. The Morgan fingerprint density at radius 1 is 1.05 bits per heavy atom. The summed E-state index contributed by atoms with van der Waals surface area (Å²) >= 11 is 0. The molecule has 0 radical (unpaired) electrons. The number of methoxy groups -OCH3 is 2. The second-order valence-corrected chi connectivity index (χ2v) is 5.20. The maximum absolute atomic E-state index is 10.4. The molecule has 2 aromatic rings. The molecule has 0 spiro atoms. The van der Waals surface area contributed by atoms with E-state index in [1.54, 1.807) is 14.2 Å². The molecular weight excluding hydrogens is 278 g/mol. The van der Waals surface area contributed by atoms with Gasteiger partial charge in [-0.05, 0) is 30.7 Å². The largest absolute Gasteiger partial charge is 0.497 e. The molecule has 2 N–H and O–H groups in total. The highest BCUT2D eigenvalue weighted by molar-refractivity contribution is 5.40. The van der Waals surface area contributed by atoms with E-state index in [1.807, 2.05) is 55.5 Å². The predicted molar refractivity (Wildman–Crippen MR) is 87.2 cm³/mol. The monoisotopic (exact) mass is 301 g/mol. The van der Waals surface area contributed by atoms with Gasteiger partial charge in [-0.1, -0.05) is 30.3 Å². The van der Waals surface area contributed by atoms with E-state index >= 15 is 0 Å². The smallest absolute Gasteiger partial charge is 0.123 e. The Balaban J connectivity index is 2.03. The minimum absolute atomic E-state index is 0.0849. The third-order valence-corrected chi connectivity index (χ3v) is 3.72. The van der Waals surface area contributed by atoms with Crippen LogP contribution in [0.1, 0.15) is 24.2 Å². The van der Waals surface area contributed by atoms with Crippen molar-refractivity contribution in [3.8, 4) is 11.5 Å². The highest BCUT2D eigenvalue weighted by atomic mass is 16.5. The first kappa shape index (κ1) is 16.3. The Kier molecular flexibility index (Phi) is 5.81. The summed E-state index contributed by atoms with van der Waals surface area (Å²) in [4.78, 5) is 0. The molecule has 4 nitrogen and oxygen atoms in total. The molecule has 0 saturated carbocycles. The number of aliphatic hydroxyl groups is 1. The average molecular weight is 301 g/mol. The van der Waals surface area contributed by atoms with E-state index in [4.69, 9.17) is 9.47 Å². The first-order chi connectivity index (χ1) is 10.7. The Morgan fingerprint density at radius 3 is 2.41 bits per heavy atom. The molecule has 2 aromatic carbocycles. The lowest BCUT2D eigenvalue weighted by Crippen LogP contribution is -2.31. The van der Waals surface area contributed by atoms with Gasteiger partial charge in [-0.15, -0.1) is 0 Å². The lowest BCUT2D eigenvalue weighted by molar-refractivity contribution is 0.135. The molecule has 0 bridgehead atoms. The minimum atomic E-state index is -0.558. The van der Waals surface area contributed by atoms with Crippen LogP contribution in [0, 0.1) is 0 Å². The predicted octanol–water partition coefficient (Wildman–Crippen LogP) is 2.92. The van der Waals surface area contributed by atoms with E-state index < -0.39 is 6.10 Å². The summed E-state index contributed by atoms with van der Waals surface area (Å²) < 4.78 is 10.6. The third kappa shape index (κ3) is 4.00. The number of rotatable bonds is 7. The van der Waals surface area contributed by atoms with E-state index in [-0.39, 0.29) is 6.04 Å². The van der Waals surface area contributed by atoms with Gasteiger partial charge in [-0.25, -0.2) is 0 Å². The van der Waals surface area contributed by atoms with Crippen LogP contribution in [0.15, 0.2) is 48.5 Å². The van der Waals surface area contributed by atoms with Gasteiger partial charge < -0.3 is 19.9 Å². The van der Waals surface area contributed by atoms with Crippen LogP contribution in [0.25, 0.3) is 0 Å². The van der Waals surface area contributed by atoms with Crippen molar-refractivity contribution >= 4 is 0 Å². The van der Waals surface area contributed by atoms with Crippen LogP contribution in [-0.4, -0.2) is 25.4 Å². The van der Waals surface area contributed by atoms with Gasteiger partial charge in [-0.2, -0.15) is 0 Å². The van der Waals surface area contributed by atoms with E-state index in [0.29, 0.717) is 6.54 Å². The molecular formula is C18H23NO3. The molecule has 0 heterocycles. The van der Waals surface area contributed by atoms with Gasteiger partial charge in [-0.3, -0.25) is 0 Å².